The molecule has 0 aliphatic carbocycles. The molecule has 30 heteroatoms. The first kappa shape index (κ1) is 37.2. The number of nitrogens with zero attached hydrogens (tertiary/aromatic N) is 27. The molecule has 0 aliphatic heterocycles. The van der Waals surface area contributed by atoms with E-state index in [2.05, 4.69) is 125 Å². The first-order chi connectivity index (χ1) is 30.5. The molecule has 0 amide bonds. The van der Waals surface area contributed by atoms with Crippen LogP contribution in [0.5, 0.6) is 0 Å². The molecule has 0 bridgehead atoms. The Morgan fingerprint density at radius 1 is 0.429 bits per heavy atom. The van der Waals surface area contributed by atoms with Crippen LogP contribution in [0.3, 0.4) is 0 Å². The van der Waals surface area contributed by atoms with E-state index in [0.29, 0.717) is 68.6 Å². The van der Waals surface area contributed by atoms with E-state index in [9.17, 15) is 15.8 Å². The molecule has 306 valence electrons. The maximum absolute atomic E-state index is 10.2. The third kappa shape index (κ3) is 6.08. The summed E-state index contributed by atoms with van der Waals surface area (Å²) in [6.07, 6.45) is 3.75. The highest BCUT2D eigenvalue weighted by Crippen LogP contribution is 2.33. The lowest BCUT2D eigenvalue weighted by Crippen LogP contribution is -2.14. The number of hydrogen-bond acceptors (Lipinski definition) is 21. The maximum Gasteiger partial charge on any atom is 0.259 e. The van der Waals surface area contributed by atoms with Crippen LogP contribution in [0, 0.1) is 75.5 Å². The first-order valence-electron chi connectivity index (χ1n) is 18.2. The van der Waals surface area contributed by atoms with Crippen molar-refractivity contribution in [1.29, 1.82) is 15.8 Å². The van der Waals surface area contributed by atoms with Gasteiger partial charge in [-0.3, -0.25) is 0 Å². The molecule has 10 aromatic rings. The summed E-state index contributed by atoms with van der Waals surface area (Å²) in [4.78, 5) is 23.2. The van der Waals surface area contributed by atoms with Crippen LogP contribution in [0.4, 0.5) is 34.5 Å². The number of azo groups is 3. The molecule has 0 aromatic carbocycles. The maximum atomic E-state index is 10.2. The molecule has 0 radical (unpaired) electrons. The standard InChI is InChI=1S/C33H24N30/c1-13-22(28-40-16(4)55-61(28)52-13)46-49-25-19(7-34)10-37-58(25)31-43-32(59-26(20(8-35)11-38-59)50-47-23-14(2)53-62-29(23)41-17(5)56-62)45-33(44-31)60-27(21(9-36)12-39-60)51-48-24-15(3)54-63-30(24)42-18(6)57-63/h10-12H,1-6H3,(H,40,55)(H,41,56)(H,42,57). The van der Waals surface area contributed by atoms with Crippen LogP contribution >= 0.6 is 0 Å². The van der Waals surface area contributed by atoms with E-state index < -0.39 is 0 Å². The van der Waals surface area contributed by atoms with Crippen LogP contribution in [-0.4, -0.2) is 104 Å². The normalized spacial score (nSPS) is 12.0. The van der Waals surface area contributed by atoms with Crippen LogP contribution in [0.15, 0.2) is 49.3 Å². The average Bonchev–Trinajstić information content (AvgIpc) is 4.14. The minimum Gasteiger partial charge on any atom is -0.324 e. The average molecular weight is 841 g/mol. The fourth-order valence-electron chi connectivity index (χ4n) is 6.35. The van der Waals surface area contributed by atoms with Crippen LogP contribution in [-0.2, 0) is 0 Å². The SMILES string of the molecule is Cc1nn2nc(C)c(N=Nc3c(C#N)cnn3-c3nc(-n4ncc(C#N)c4N=Nc4c(C)nn5nc(C)[nH]c45)nc(-n4ncc(C#N)c4N=Nc4c(C)nn5nc(C)[nH]c45)n3)c2[nH]1. The quantitative estimate of drug-likeness (QED) is 0.171. The molecular weight excluding hydrogens is 817 g/mol. The second-order valence-corrected chi connectivity index (χ2v) is 13.5. The highest BCUT2D eigenvalue weighted by atomic mass is 15.5. The number of nitrogens with one attached hydrogen (secondary N) is 3. The van der Waals surface area contributed by atoms with E-state index in [1.165, 1.54) is 32.5 Å². The van der Waals surface area contributed by atoms with Gasteiger partial charge in [-0.1, -0.05) is 0 Å². The van der Waals surface area contributed by atoms with Gasteiger partial charge in [-0.2, -0.15) is 75.4 Å². The zero-order valence-electron chi connectivity index (χ0n) is 33.3. The molecule has 0 fully saturated rings. The summed E-state index contributed by atoms with van der Waals surface area (Å²) in [5.74, 6) is 0.797. The largest absolute Gasteiger partial charge is 0.324 e. The molecule has 10 heterocycles. The fourth-order valence-corrected chi connectivity index (χ4v) is 6.35. The second-order valence-electron chi connectivity index (χ2n) is 13.5. The summed E-state index contributed by atoms with van der Waals surface area (Å²) in [5.41, 5.74) is 3.94. The Bertz CT molecular complexity index is 3300. The summed E-state index contributed by atoms with van der Waals surface area (Å²) in [6, 6.07) is 6.19. The molecule has 0 saturated carbocycles. The zero-order chi connectivity index (χ0) is 43.7. The van der Waals surface area contributed by atoms with Crippen LogP contribution in [0.2, 0.25) is 0 Å². The van der Waals surface area contributed by atoms with Gasteiger partial charge in [-0.05, 0) is 41.5 Å². The summed E-state index contributed by atoms with van der Waals surface area (Å²) >= 11 is 0. The van der Waals surface area contributed by atoms with Crippen molar-refractivity contribution in [2.45, 2.75) is 41.5 Å². The van der Waals surface area contributed by atoms with Crippen molar-refractivity contribution in [3.8, 4) is 36.1 Å². The number of nitriles is 3. The van der Waals surface area contributed by atoms with Crippen molar-refractivity contribution in [3.63, 3.8) is 0 Å². The topological polar surface area (TPSA) is 376 Å². The van der Waals surface area contributed by atoms with Crippen molar-refractivity contribution in [2.75, 3.05) is 0 Å². The van der Waals surface area contributed by atoms with E-state index in [1.807, 2.05) is 0 Å². The molecule has 0 spiro atoms. The number of aromatic amines is 3. The molecule has 10 aromatic heterocycles. The summed E-state index contributed by atoms with van der Waals surface area (Å²) in [6.45, 7) is 10.5. The van der Waals surface area contributed by atoms with Gasteiger partial charge in [0.1, 0.15) is 52.4 Å². The van der Waals surface area contributed by atoms with Gasteiger partial charge >= 0.3 is 0 Å². The van der Waals surface area contributed by atoms with Gasteiger partial charge in [0.05, 0.1) is 35.7 Å². The van der Waals surface area contributed by atoms with E-state index in [1.54, 1.807) is 41.5 Å². The van der Waals surface area contributed by atoms with Gasteiger partial charge in [0.15, 0.2) is 51.5 Å². The van der Waals surface area contributed by atoms with Crippen LogP contribution < -0.4 is 0 Å². The van der Waals surface area contributed by atoms with E-state index in [-0.39, 0.29) is 52.0 Å². The lowest BCUT2D eigenvalue weighted by atomic mass is 10.4. The third-order valence-corrected chi connectivity index (χ3v) is 9.16. The molecule has 0 atom stereocenters. The van der Waals surface area contributed by atoms with E-state index in [4.69, 9.17) is 0 Å². The van der Waals surface area contributed by atoms with E-state index in [0.717, 1.165) is 14.0 Å². The second kappa shape index (κ2) is 14.1. The Balaban J connectivity index is 1.16. The Hall–Kier alpha value is -10.0. The summed E-state index contributed by atoms with van der Waals surface area (Å²) in [7, 11) is 0. The Kier molecular flexibility index (Phi) is 8.31. The van der Waals surface area contributed by atoms with Gasteiger partial charge < -0.3 is 15.0 Å². The van der Waals surface area contributed by atoms with Gasteiger partial charge in [0.2, 0.25) is 0 Å². The predicted molar refractivity (Wildman–Crippen MR) is 208 cm³/mol. The number of rotatable bonds is 9. The number of aromatic nitrogens is 21. The number of hydrogen-bond donors (Lipinski definition) is 3. The molecule has 30 nitrogen and oxygen atoms in total. The lowest BCUT2D eigenvalue weighted by molar-refractivity contribution is 0.706. The number of fused-ring (bicyclic) bond motifs is 3. The number of H-pyrrole nitrogens is 3. The zero-order valence-corrected chi connectivity index (χ0v) is 33.3. The molecule has 0 aliphatic rings. The van der Waals surface area contributed by atoms with Crippen molar-refractivity contribution >= 4 is 51.5 Å². The van der Waals surface area contributed by atoms with Gasteiger partial charge in [-0.15, -0.1) is 59.9 Å². The predicted octanol–water partition coefficient (Wildman–Crippen LogP) is 4.25. The lowest BCUT2D eigenvalue weighted by Gasteiger charge is -2.09. The number of aryl methyl sites for hydroxylation is 6. The van der Waals surface area contributed by atoms with Crippen LogP contribution in [0.25, 0.3) is 34.8 Å². The smallest absolute Gasteiger partial charge is 0.259 e. The van der Waals surface area contributed by atoms with Crippen molar-refractivity contribution in [2.24, 2.45) is 30.7 Å². The molecule has 3 N–H and O–H groups in total. The first-order valence-corrected chi connectivity index (χ1v) is 18.2. The van der Waals surface area contributed by atoms with Gasteiger partial charge in [0.25, 0.3) is 17.8 Å². The summed E-state index contributed by atoms with van der Waals surface area (Å²) < 4.78 is 7.56. The molecule has 0 unspecified atom stereocenters. The minimum absolute atomic E-state index is 0.00128. The highest BCUT2D eigenvalue weighted by molar-refractivity contribution is 5.68. The van der Waals surface area contributed by atoms with E-state index >= 15 is 0 Å². The Morgan fingerprint density at radius 3 is 0.984 bits per heavy atom. The van der Waals surface area contributed by atoms with Crippen LogP contribution in [0.1, 0.15) is 51.2 Å². The monoisotopic (exact) mass is 840 g/mol. The van der Waals surface area contributed by atoms with Crippen molar-refractivity contribution in [3.05, 3.63) is 69.8 Å². The molecule has 0 saturated heterocycles. The Morgan fingerprint density at radius 2 is 0.714 bits per heavy atom. The molecular formula is C33H24N30. The van der Waals surface area contributed by atoms with Gasteiger partial charge in [-0.25, -0.2) is 0 Å². The summed E-state index contributed by atoms with van der Waals surface area (Å²) in [5, 5.41) is 96.1. The molecule has 10 rings (SSSR count). The Labute approximate surface area is 348 Å². The van der Waals surface area contributed by atoms with Crippen molar-refractivity contribution in [1.82, 2.24) is 104 Å². The highest BCUT2D eigenvalue weighted by Gasteiger charge is 2.25. The van der Waals surface area contributed by atoms with Gasteiger partial charge in [0, 0.05) is 0 Å². The fraction of sp³-hybridized carbons (Fsp3) is 0.182. The minimum atomic E-state index is -0.238. The molecule has 63 heavy (non-hydrogen) atoms. The third-order valence-electron chi connectivity index (χ3n) is 9.16. The van der Waals surface area contributed by atoms with Crippen molar-refractivity contribution < 1.29 is 0 Å².